The minimum Gasteiger partial charge on any atom is -0.344 e. The molecule has 0 saturated heterocycles. The molecule has 2 aromatic rings. The Labute approximate surface area is 127 Å². The summed E-state index contributed by atoms with van der Waals surface area (Å²) in [7, 11) is 0. The van der Waals surface area contributed by atoms with Crippen LogP contribution in [0.4, 0.5) is 0 Å². The van der Waals surface area contributed by atoms with E-state index in [4.69, 9.17) is 9.78 Å². The van der Waals surface area contributed by atoms with Gasteiger partial charge in [0.25, 0.3) is 0 Å². The van der Waals surface area contributed by atoms with Gasteiger partial charge in [0.05, 0.1) is 0 Å². The lowest BCUT2D eigenvalue weighted by atomic mass is 9.98. The Hall–Kier alpha value is -1.68. The van der Waals surface area contributed by atoms with Crippen LogP contribution in [0.5, 0.6) is 0 Å². The van der Waals surface area contributed by atoms with Crippen LogP contribution in [0.2, 0.25) is 0 Å². The van der Waals surface area contributed by atoms with Gasteiger partial charge in [0.2, 0.25) is 0 Å². The Morgan fingerprint density at radius 1 is 0.571 bits per heavy atom. The largest absolute Gasteiger partial charge is 0.344 e. The van der Waals surface area contributed by atoms with Crippen LogP contribution in [-0.2, 0) is 21.0 Å². The van der Waals surface area contributed by atoms with E-state index in [9.17, 15) is 0 Å². The number of rotatable bonds is 5. The Kier molecular flexibility index (Phi) is 5.67. The van der Waals surface area contributed by atoms with Gasteiger partial charge in [0, 0.05) is 0 Å². The predicted octanol–water partition coefficient (Wildman–Crippen LogP) is 4.97. The molecule has 0 fully saturated rings. The second-order valence-corrected chi connectivity index (χ2v) is 5.92. The quantitative estimate of drug-likeness (QED) is 0.624. The molecule has 0 aromatic heterocycles. The van der Waals surface area contributed by atoms with Gasteiger partial charge >= 0.3 is 0 Å². The van der Waals surface area contributed by atoms with Crippen LogP contribution < -0.4 is 6.15 Å². The second kappa shape index (κ2) is 6.85. The first kappa shape index (κ1) is 17.4. The van der Waals surface area contributed by atoms with Gasteiger partial charge < -0.3 is 6.15 Å². The number of hydrogen-bond donors (Lipinski definition) is 1. The Morgan fingerprint density at radius 3 is 1.14 bits per heavy atom. The van der Waals surface area contributed by atoms with Crippen molar-refractivity contribution in [3.63, 3.8) is 0 Å². The molecule has 0 radical (unpaired) electrons. The van der Waals surface area contributed by atoms with Gasteiger partial charge in [-0.3, -0.25) is 0 Å². The second-order valence-electron chi connectivity index (χ2n) is 5.92. The van der Waals surface area contributed by atoms with Crippen molar-refractivity contribution in [1.82, 2.24) is 6.15 Å². The molecule has 21 heavy (non-hydrogen) atoms. The van der Waals surface area contributed by atoms with Crippen LogP contribution in [0.1, 0.15) is 38.8 Å². The summed E-state index contributed by atoms with van der Waals surface area (Å²) in [4.78, 5) is 11.5. The Balaban J connectivity index is 0.00000220. The average molecular weight is 287 g/mol. The van der Waals surface area contributed by atoms with E-state index in [-0.39, 0.29) is 6.15 Å². The maximum atomic E-state index is 5.73. The van der Waals surface area contributed by atoms with Crippen LogP contribution in [0.15, 0.2) is 60.7 Å². The fourth-order valence-corrected chi connectivity index (χ4v) is 1.98. The van der Waals surface area contributed by atoms with Crippen molar-refractivity contribution in [3.05, 3.63) is 71.8 Å². The van der Waals surface area contributed by atoms with Gasteiger partial charge in [-0.25, -0.2) is 9.78 Å². The van der Waals surface area contributed by atoms with Crippen molar-refractivity contribution >= 4 is 0 Å². The van der Waals surface area contributed by atoms with Gasteiger partial charge in [-0.15, -0.1) is 0 Å². The summed E-state index contributed by atoms with van der Waals surface area (Å²) in [6, 6.07) is 20.2. The highest BCUT2D eigenvalue weighted by atomic mass is 17.2. The molecule has 0 spiro atoms. The van der Waals surface area contributed by atoms with Gasteiger partial charge in [0.15, 0.2) is 0 Å². The van der Waals surface area contributed by atoms with Crippen LogP contribution >= 0.6 is 0 Å². The fourth-order valence-electron chi connectivity index (χ4n) is 1.98. The minimum atomic E-state index is -0.493. The van der Waals surface area contributed by atoms with Crippen molar-refractivity contribution in [2.45, 2.75) is 38.9 Å². The molecule has 0 bridgehead atoms. The maximum absolute atomic E-state index is 5.73. The summed E-state index contributed by atoms with van der Waals surface area (Å²) in [5, 5.41) is 0. The zero-order valence-corrected chi connectivity index (χ0v) is 13.3. The molecule has 0 aliphatic rings. The van der Waals surface area contributed by atoms with E-state index < -0.39 is 11.2 Å². The highest BCUT2D eigenvalue weighted by Crippen LogP contribution is 2.31. The first-order valence-electron chi connectivity index (χ1n) is 6.90. The third kappa shape index (κ3) is 4.39. The minimum absolute atomic E-state index is 0. The lowest BCUT2D eigenvalue weighted by Crippen LogP contribution is -2.29. The average Bonchev–Trinajstić information content (AvgIpc) is 2.47. The summed E-state index contributed by atoms with van der Waals surface area (Å²) in [5.74, 6) is 0. The zero-order valence-electron chi connectivity index (χ0n) is 13.3. The van der Waals surface area contributed by atoms with Crippen molar-refractivity contribution in [2.75, 3.05) is 0 Å². The predicted molar refractivity (Wildman–Crippen MR) is 86.1 cm³/mol. The van der Waals surface area contributed by atoms with E-state index in [0.29, 0.717) is 0 Å². The molecule has 3 N–H and O–H groups in total. The van der Waals surface area contributed by atoms with E-state index in [2.05, 4.69) is 0 Å². The lowest BCUT2D eigenvalue weighted by molar-refractivity contribution is -0.410. The third-order valence-corrected chi connectivity index (χ3v) is 3.40. The highest BCUT2D eigenvalue weighted by molar-refractivity contribution is 5.22. The Morgan fingerprint density at radius 2 is 0.857 bits per heavy atom. The van der Waals surface area contributed by atoms with Crippen LogP contribution in [-0.4, -0.2) is 0 Å². The summed E-state index contributed by atoms with van der Waals surface area (Å²) in [6.45, 7) is 8.01. The molecule has 2 aromatic carbocycles. The standard InChI is InChI=1S/C18H22O2.H3N/c1-17(2,15-11-7-5-8-12-15)19-20-18(3,4)16-13-9-6-10-14-16;/h5-14H,1-4H3;1H3. The van der Waals surface area contributed by atoms with Crippen LogP contribution in [0.3, 0.4) is 0 Å². The summed E-state index contributed by atoms with van der Waals surface area (Å²) >= 11 is 0. The molecule has 3 nitrogen and oxygen atoms in total. The molecule has 0 heterocycles. The molecular weight excluding hydrogens is 262 g/mol. The van der Waals surface area contributed by atoms with Gasteiger partial charge in [-0.05, 0) is 38.8 Å². The number of benzene rings is 2. The summed E-state index contributed by atoms with van der Waals surface area (Å²) in [6.07, 6.45) is 0. The molecule has 114 valence electrons. The van der Waals surface area contributed by atoms with E-state index in [0.717, 1.165) is 11.1 Å². The van der Waals surface area contributed by atoms with Crippen molar-refractivity contribution < 1.29 is 9.78 Å². The first-order valence-corrected chi connectivity index (χ1v) is 6.90. The Bertz CT molecular complexity index is 484. The van der Waals surface area contributed by atoms with Gasteiger partial charge in [-0.1, -0.05) is 60.7 Å². The topological polar surface area (TPSA) is 53.5 Å². The van der Waals surface area contributed by atoms with Crippen molar-refractivity contribution in [1.29, 1.82) is 0 Å². The highest BCUT2D eigenvalue weighted by Gasteiger charge is 2.29. The fraction of sp³-hybridized carbons (Fsp3) is 0.333. The smallest absolute Gasteiger partial charge is 0.123 e. The van der Waals surface area contributed by atoms with E-state index in [1.807, 2.05) is 88.4 Å². The maximum Gasteiger partial charge on any atom is 0.123 e. The molecule has 3 heteroatoms. The summed E-state index contributed by atoms with van der Waals surface area (Å²) in [5.41, 5.74) is 1.19. The molecule has 0 saturated carbocycles. The van der Waals surface area contributed by atoms with Crippen LogP contribution in [0, 0.1) is 0 Å². The van der Waals surface area contributed by atoms with E-state index in [1.54, 1.807) is 0 Å². The van der Waals surface area contributed by atoms with Crippen molar-refractivity contribution in [3.8, 4) is 0 Å². The molecule has 2 rings (SSSR count). The summed E-state index contributed by atoms with van der Waals surface area (Å²) < 4.78 is 0. The molecule has 0 amide bonds. The van der Waals surface area contributed by atoms with Crippen LogP contribution in [0.25, 0.3) is 0 Å². The SMILES string of the molecule is CC(C)(OOC(C)(C)c1ccccc1)c1ccccc1.N. The van der Waals surface area contributed by atoms with Crippen molar-refractivity contribution in [2.24, 2.45) is 0 Å². The normalized spacial score (nSPS) is 11.8. The monoisotopic (exact) mass is 287 g/mol. The first-order chi connectivity index (χ1) is 9.42. The lowest BCUT2D eigenvalue weighted by Gasteiger charge is -2.31. The zero-order chi connectivity index (χ0) is 14.6. The number of hydrogen-bond acceptors (Lipinski definition) is 3. The van der Waals surface area contributed by atoms with Gasteiger partial charge in [-0.2, -0.15) is 0 Å². The molecule has 0 unspecified atom stereocenters. The van der Waals surface area contributed by atoms with E-state index in [1.165, 1.54) is 0 Å². The molecule has 0 atom stereocenters. The molecular formula is C18H25NO2. The molecule has 0 aliphatic heterocycles. The van der Waals surface area contributed by atoms with E-state index >= 15 is 0 Å². The van der Waals surface area contributed by atoms with Gasteiger partial charge in [0.1, 0.15) is 11.2 Å². The molecule has 0 aliphatic carbocycles. The third-order valence-electron chi connectivity index (χ3n) is 3.40.